The molecule has 0 bridgehead atoms. The second kappa shape index (κ2) is 6.34. The number of hydrogen-bond donors (Lipinski definition) is 2. The fourth-order valence-electron chi connectivity index (χ4n) is 2.96. The Morgan fingerprint density at radius 1 is 1.19 bits per heavy atom. The molecule has 0 radical (unpaired) electrons. The Morgan fingerprint density at radius 2 is 2.04 bits per heavy atom. The summed E-state index contributed by atoms with van der Waals surface area (Å²) in [6.07, 6.45) is 0.543. The van der Waals surface area contributed by atoms with Gasteiger partial charge in [-0.25, -0.2) is 4.98 Å². The number of aromatic amines is 1. The maximum Gasteiger partial charge on any atom is 0.205 e. The lowest BCUT2D eigenvalue weighted by atomic mass is 10.0. The van der Waals surface area contributed by atoms with Gasteiger partial charge in [0.25, 0.3) is 0 Å². The lowest BCUT2D eigenvalue weighted by molar-refractivity contribution is 0.387. The molecule has 26 heavy (non-hydrogen) atoms. The van der Waals surface area contributed by atoms with E-state index in [4.69, 9.17) is 26.4 Å². The minimum Gasteiger partial charge on any atom is -0.504 e. The molecule has 132 valence electrons. The third kappa shape index (κ3) is 2.66. The number of methoxy groups -OCH3 is 2. The molecule has 3 aromatic rings. The van der Waals surface area contributed by atoms with Crippen LogP contribution in [0.5, 0.6) is 28.9 Å². The number of benzene rings is 2. The van der Waals surface area contributed by atoms with Crippen LogP contribution in [0, 0.1) is 4.64 Å². The Balaban J connectivity index is 1.83. The summed E-state index contributed by atoms with van der Waals surface area (Å²) in [6.45, 7) is 0. The fourth-order valence-corrected chi connectivity index (χ4v) is 3.22. The number of phenolic OH excluding ortho intramolecular Hbond substituents is 1. The van der Waals surface area contributed by atoms with Crippen molar-refractivity contribution in [2.45, 2.75) is 6.42 Å². The summed E-state index contributed by atoms with van der Waals surface area (Å²) in [6, 6.07) is 10.7. The number of aromatic nitrogens is 2. The van der Waals surface area contributed by atoms with E-state index in [0.717, 1.165) is 16.7 Å². The van der Waals surface area contributed by atoms with Crippen molar-refractivity contribution in [1.82, 2.24) is 9.97 Å². The Hall–Kier alpha value is -3.06. The highest BCUT2D eigenvalue weighted by molar-refractivity contribution is 7.71. The zero-order chi connectivity index (χ0) is 18.3. The predicted molar refractivity (Wildman–Crippen MR) is 98.9 cm³/mol. The Bertz CT molecular complexity index is 1060. The van der Waals surface area contributed by atoms with E-state index >= 15 is 0 Å². The zero-order valence-electron chi connectivity index (χ0n) is 14.2. The van der Waals surface area contributed by atoms with Crippen LogP contribution in [0.25, 0.3) is 11.4 Å². The van der Waals surface area contributed by atoms with E-state index < -0.39 is 0 Å². The molecule has 0 atom stereocenters. The van der Waals surface area contributed by atoms with Crippen molar-refractivity contribution in [3.05, 3.63) is 52.2 Å². The van der Waals surface area contributed by atoms with Gasteiger partial charge in [-0.15, -0.1) is 0 Å². The number of nitrogens with zero attached hydrogens (tertiary/aromatic N) is 1. The van der Waals surface area contributed by atoms with Crippen molar-refractivity contribution < 1.29 is 19.3 Å². The molecular formula is C19H16N2O4S. The van der Waals surface area contributed by atoms with Crippen LogP contribution in [0.4, 0.5) is 0 Å². The molecule has 2 aromatic carbocycles. The summed E-state index contributed by atoms with van der Waals surface area (Å²) in [5.41, 5.74) is 2.39. The number of phenols is 1. The molecule has 4 rings (SSSR count). The SMILES string of the molecule is COc1ccc(-c2nc(=S)c3c([nH]2)Oc2c(O)cccc2C3)c(OC)c1. The van der Waals surface area contributed by atoms with E-state index in [9.17, 15) is 5.11 Å². The molecule has 0 amide bonds. The molecule has 0 saturated heterocycles. The molecule has 0 aliphatic carbocycles. The summed E-state index contributed by atoms with van der Waals surface area (Å²) < 4.78 is 17.0. The number of ether oxygens (including phenoxy) is 3. The largest absolute Gasteiger partial charge is 0.504 e. The topological polar surface area (TPSA) is 76.6 Å². The molecule has 0 saturated carbocycles. The van der Waals surface area contributed by atoms with Crippen molar-refractivity contribution in [3.8, 4) is 40.3 Å². The van der Waals surface area contributed by atoms with E-state index in [1.807, 2.05) is 18.2 Å². The molecule has 1 aliphatic heterocycles. The van der Waals surface area contributed by atoms with Gasteiger partial charge >= 0.3 is 0 Å². The van der Waals surface area contributed by atoms with Gasteiger partial charge in [-0.05, 0) is 18.2 Å². The van der Waals surface area contributed by atoms with Crippen molar-refractivity contribution in [3.63, 3.8) is 0 Å². The van der Waals surface area contributed by atoms with E-state index in [1.165, 1.54) is 0 Å². The smallest absolute Gasteiger partial charge is 0.205 e. The molecule has 1 aromatic heterocycles. The van der Waals surface area contributed by atoms with E-state index in [2.05, 4.69) is 9.97 Å². The second-order valence-corrected chi connectivity index (χ2v) is 6.20. The first-order valence-electron chi connectivity index (χ1n) is 7.95. The van der Waals surface area contributed by atoms with Gasteiger partial charge in [0.15, 0.2) is 11.5 Å². The molecule has 0 unspecified atom stereocenters. The van der Waals surface area contributed by atoms with Crippen molar-refractivity contribution in [2.75, 3.05) is 14.2 Å². The highest BCUT2D eigenvalue weighted by atomic mass is 32.1. The Morgan fingerprint density at radius 3 is 2.81 bits per heavy atom. The third-order valence-electron chi connectivity index (χ3n) is 4.29. The van der Waals surface area contributed by atoms with Crippen LogP contribution in [0.1, 0.15) is 11.1 Å². The van der Waals surface area contributed by atoms with Crippen molar-refractivity contribution >= 4 is 12.2 Å². The van der Waals surface area contributed by atoms with Crippen LogP contribution >= 0.6 is 12.2 Å². The Labute approximate surface area is 155 Å². The number of fused-ring (bicyclic) bond motifs is 2. The molecule has 1 aliphatic rings. The summed E-state index contributed by atoms with van der Waals surface area (Å²) in [7, 11) is 3.17. The van der Waals surface area contributed by atoms with Gasteiger partial charge in [0.05, 0.1) is 25.3 Å². The number of aromatic hydroxyl groups is 1. The van der Waals surface area contributed by atoms with Crippen molar-refractivity contribution in [1.29, 1.82) is 0 Å². The standard InChI is InChI=1S/C19H16N2O4S/c1-23-11-6-7-12(15(9-11)24-2)17-20-18-13(19(26)21-17)8-10-4-3-5-14(22)16(10)25-18/h3-7,9,22H,8H2,1-2H3,(H,20,21,26). The maximum absolute atomic E-state index is 10.1. The van der Waals surface area contributed by atoms with Crippen LogP contribution in [0.15, 0.2) is 36.4 Å². The minimum absolute atomic E-state index is 0.0906. The van der Waals surface area contributed by atoms with Gasteiger partial charge in [-0.2, -0.15) is 0 Å². The van der Waals surface area contributed by atoms with E-state index in [0.29, 0.717) is 40.0 Å². The van der Waals surface area contributed by atoms with Crippen molar-refractivity contribution in [2.24, 2.45) is 0 Å². The van der Waals surface area contributed by atoms with Gasteiger partial charge in [-0.1, -0.05) is 24.4 Å². The van der Waals surface area contributed by atoms with E-state index in [-0.39, 0.29) is 5.75 Å². The molecule has 0 spiro atoms. The molecular weight excluding hydrogens is 352 g/mol. The Kier molecular flexibility index (Phi) is 4.00. The monoisotopic (exact) mass is 368 g/mol. The second-order valence-electron chi connectivity index (χ2n) is 5.81. The van der Waals surface area contributed by atoms with Gasteiger partial charge in [0.2, 0.25) is 5.88 Å². The molecule has 2 N–H and O–H groups in total. The van der Waals surface area contributed by atoms with E-state index in [1.54, 1.807) is 32.4 Å². The first-order valence-corrected chi connectivity index (χ1v) is 8.36. The quantitative estimate of drug-likeness (QED) is 0.527. The van der Waals surface area contributed by atoms with Gasteiger partial charge < -0.3 is 24.3 Å². The maximum atomic E-state index is 10.1. The summed E-state index contributed by atoms with van der Waals surface area (Å²) in [4.78, 5) is 7.68. The predicted octanol–water partition coefficient (Wildman–Crippen LogP) is 4.23. The van der Waals surface area contributed by atoms with Gasteiger partial charge in [0, 0.05) is 18.1 Å². The van der Waals surface area contributed by atoms with Crippen LogP contribution in [-0.4, -0.2) is 29.3 Å². The number of para-hydroxylation sites is 1. The molecule has 6 nitrogen and oxygen atoms in total. The normalized spacial score (nSPS) is 11.9. The lowest BCUT2D eigenvalue weighted by Crippen LogP contribution is -2.08. The van der Waals surface area contributed by atoms with Crippen LogP contribution in [-0.2, 0) is 6.42 Å². The number of H-pyrrole nitrogens is 1. The third-order valence-corrected chi connectivity index (χ3v) is 4.63. The first kappa shape index (κ1) is 16.4. The summed E-state index contributed by atoms with van der Waals surface area (Å²) >= 11 is 5.48. The van der Waals surface area contributed by atoms with Crippen LogP contribution in [0.2, 0.25) is 0 Å². The highest BCUT2D eigenvalue weighted by Crippen LogP contribution is 2.42. The fraction of sp³-hybridized carbons (Fsp3) is 0.158. The summed E-state index contributed by atoms with van der Waals surface area (Å²) in [5, 5.41) is 10.1. The number of hydrogen-bond acceptors (Lipinski definition) is 6. The number of rotatable bonds is 3. The zero-order valence-corrected chi connectivity index (χ0v) is 15.0. The minimum atomic E-state index is 0.0906. The van der Waals surface area contributed by atoms with Gasteiger partial charge in [-0.3, -0.25) is 0 Å². The average molecular weight is 368 g/mol. The summed E-state index contributed by atoms with van der Waals surface area (Å²) in [5.74, 6) is 2.80. The molecule has 7 heteroatoms. The highest BCUT2D eigenvalue weighted by Gasteiger charge is 2.23. The van der Waals surface area contributed by atoms with Gasteiger partial charge in [0.1, 0.15) is 22.0 Å². The first-order chi connectivity index (χ1) is 12.6. The molecule has 0 fully saturated rings. The van der Waals surface area contributed by atoms with Crippen LogP contribution < -0.4 is 14.2 Å². The molecule has 2 heterocycles. The van der Waals surface area contributed by atoms with Crippen LogP contribution in [0.3, 0.4) is 0 Å². The lowest BCUT2D eigenvalue weighted by Gasteiger charge is -2.21. The number of nitrogens with one attached hydrogen (secondary N) is 1. The average Bonchev–Trinajstić information content (AvgIpc) is 2.66.